The lowest BCUT2D eigenvalue weighted by molar-refractivity contribution is 0.304. The summed E-state index contributed by atoms with van der Waals surface area (Å²) >= 11 is 0. The van der Waals surface area contributed by atoms with Crippen LogP contribution < -0.4 is 19.3 Å². The van der Waals surface area contributed by atoms with Crippen molar-refractivity contribution in [2.75, 3.05) is 23.0 Å². The number of nitrogens with zero attached hydrogens (tertiary/aromatic N) is 2. The van der Waals surface area contributed by atoms with Gasteiger partial charge in [0.05, 0.1) is 24.6 Å². The number of anilines is 6. The molecule has 0 spiro atoms. The van der Waals surface area contributed by atoms with Crippen molar-refractivity contribution in [3.05, 3.63) is 156 Å². The number of hydrogen-bond acceptors (Lipinski definition) is 4. The van der Waals surface area contributed by atoms with Crippen LogP contribution in [0.5, 0.6) is 11.5 Å². The van der Waals surface area contributed by atoms with Gasteiger partial charge in [0.25, 0.3) is 0 Å². The molecule has 4 nitrogen and oxygen atoms in total. The van der Waals surface area contributed by atoms with Crippen LogP contribution in [0, 0.1) is 13.8 Å². The molecule has 0 amide bonds. The Hall–Kier alpha value is -5.74. The van der Waals surface area contributed by atoms with Gasteiger partial charge in [-0.05, 0) is 134 Å². The molecule has 0 unspecified atom stereocenters. The smallest absolute Gasteiger partial charge is 0.119 e. The highest BCUT2D eigenvalue weighted by Gasteiger charge is 2.28. The highest BCUT2D eigenvalue weighted by molar-refractivity contribution is 6.23. The summed E-state index contributed by atoms with van der Waals surface area (Å²) in [5.41, 5.74) is 11.6. The average molecular weight is 909 g/mol. The Kier molecular flexibility index (Phi) is 17.0. The number of ether oxygens (including phenoxy) is 2. The van der Waals surface area contributed by atoms with E-state index in [1.807, 2.05) is 0 Å². The van der Waals surface area contributed by atoms with Gasteiger partial charge in [0.1, 0.15) is 11.5 Å². The Morgan fingerprint density at radius 1 is 0.353 bits per heavy atom. The molecule has 0 aliphatic carbocycles. The summed E-state index contributed by atoms with van der Waals surface area (Å²) in [4.78, 5) is 4.97. The van der Waals surface area contributed by atoms with Gasteiger partial charge in [-0.2, -0.15) is 0 Å². The molecule has 68 heavy (non-hydrogen) atoms. The van der Waals surface area contributed by atoms with Crippen molar-refractivity contribution < 1.29 is 9.47 Å². The zero-order valence-electron chi connectivity index (χ0n) is 43.3. The van der Waals surface area contributed by atoms with Gasteiger partial charge in [0, 0.05) is 44.3 Å². The Labute approximate surface area is 410 Å². The van der Waals surface area contributed by atoms with E-state index in [0.717, 1.165) is 71.7 Å². The highest BCUT2D eigenvalue weighted by atomic mass is 16.5. The average Bonchev–Trinajstić information content (AvgIpc) is 3.32. The van der Waals surface area contributed by atoms with E-state index in [2.05, 4.69) is 212 Å². The monoisotopic (exact) mass is 909 g/mol. The number of unbranched alkanes of at least 4 members (excludes halogenated alkanes) is 10. The lowest BCUT2D eigenvalue weighted by atomic mass is 9.82. The van der Waals surface area contributed by atoms with Crippen molar-refractivity contribution >= 4 is 55.7 Å². The molecule has 0 atom stereocenters. The first-order chi connectivity index (χ1) is 32.8. The first-order valence-corrected chi connectivity index (χ1v) is 26.0. The molecule has 0 aliphatic rings. The summed E-state index contributed by atoms with van der Waals surface area (Å²) < 4.78 is 12.7. The first-order valence-electron chi connectivity index (χ1n) is 26.0. The number of aryl methyl sites for hydroxylation is 2. The fourth-order valence-corrected chi connectivity index (χ4v) is 9.33. The van der Waals surface area contributed by atoms with Gasteiger partial charge >= 0.3 is 0 Å². The lowest BCUT2D eigenvalue weighted by Gasteiger charge is -2.34. The van der Waals surface area contributed by atoms with Crippen LogP contribution in [0.3, 0.4) is 0 Å². The maximum absolute atomic E-state index is 6.36. The number of benzene rings is 7. The molecule has 0 fully saturated rings. The third-order valence-electron chi connectivity index (χ3n) is 13.5. The zero-order valence-corrected chi connectivity index (χ0v) is 43.3. The van der Waals surface area contributed by atoms with E-state index in [1.54, 1.807) is 0 Å². The second-order valence-electron chi connectivity index (χ2n) is 21.3. The van der Waals surface area contributed by atoms with Crippen LogP contribution in [-0.2, 0) is 10.8 Å². The maximum atomic E-state index is 6.36. The Balaban J connectivity index is 1.44. The third kappa shape index (κ3) is 12.5. The molecule has 0 radical (unpaired) electrons. The van der Waals surface area contributed by atoms with E-state index < -0.39 is 0 Å². The molecule has 7 aromatic rings. The molecule has 0 saturated carbocycles. The number of rotatable bonds is 22. The second-order valence-corrected chi connectivity index (χ2v) is 21.3. The summed E-state index contributed by atoms with van der Waals surface area (Å²) in [6, 6.07) is 50.1. The summed E-state index contributed by atoms with van der Waals surface area (Å²) in [6.07, 6.45) is 14.9. The van der Waals surface area contributed by atoms with Gasteiger partial charge in [0.2, 0.25) is 0 Å². The van der Waals surface area contributed by atoms with Gasteiger partial charge in [-0.1, -0.05) is 179 Å². The second kappa shape index (κ2) is 23.0. The minimum absolute atomic E-state index is 0.0810. The lowest BCUT2D eigenvalue weighted by Crippen LogP contribution is -2.17. The van der Waals surface area contributed by atoms with Crippen molar-refractivity contribution in [2.24, 2.45) is 0 Å². The minimum atomic E-state index is -0.0810. The van der Waals surface area contributed by atoms with Gasteiger partial charge in [-0.25, -0.2) is 0 Å². The predicted octanol–water partition coefficient (Wildman–Crippen LogP) is 19.6. The molecule has 0 aromatic heterocycles. The van der Waals surface area contributed by atoms with E-state index >= 15 is 0 Å². The molecular formula is C64H80N2O2. The van der Waals surface area contributed by atoms with Gasteiger partial charge in [-0.3, -0.25) is 0 Å². The Morgan fingerprint density at radius 3 is 0.985 bits per heavy atom. The van der Waals surface area contributed by atoms with Crippen LogP contribution in [0.1, 0.15) is 155 Å². The van der Waals surface area contributed by atoms with Crippen LogP contribution in [0.25, 0.3) is 21.5 Å². The summed E-state index contributed by atoms with van der Waals surface area (Å²) in [6.45, 7) is 24.3. The Bertz CT molecular complexity index is 2480. The van der Waals surface area contributed by atoms with E-state index in [-0.39, 0.29) is 10.8 Å². The van der Waals surface area contributed by atoms with Crippen LogP contribution in [0.15, 0.2) is 133 Å². The van der Waals surface area contributed by atoms with Crippen LogP contribution >= 0.6 is 0 Å². The van der Waals surface area contributed by atoms with Crippen molar-refractivity contribution in [3.8, 4) is 11.5 Å². The maximum Gasteiger partial charge on any atom is 0.119 e. The fourth-order valence-electron chi connectivity index (χ4n) is 9.33. The van der Waals surface area contributed by atoms with Crippen LogP contribution in [0.2, 0.25) is 0 Å². The van der Waals surface area contributed by atoms with Crippen molar-refractivity contribution in [1.29, 1.82) is 0 Å². The van der Waals surface area contributed by atoms with Crippen molar-refractivity contribution in [1.82, 2.24) is 0 Å². The molecule has 0 N–H and O–H groups in total. The molecule has 0 bridgehead atoms. The van der Waals surface area contributed by atoms with E-state index in [4.69, 9.17) is 9.47 Å². The van der Waals surface area contributed by atoms with Crippen LogP contribution in [0.4, 0.5) is 34.1 Å². The standard InChI is InChI=1S/C64H80N2O2/c1-11-13-15-17-19-21-43-67-55-37-33-53(34-38-55)65(51-29-23-47(3)24-30-51)61-57-41-27-50(64(8,9)10)46-60(57)62(58-42-28-49(45-59(58)61)63(5,6)7)66(52-31-25-48(4)26-32-52)54-35-39-56(40-36-54)68-44-22-20-18-16-14-12-2/h23-42,45-46H,11-22,43-44H2,1-10H3. The predicted molar refractivity (Wildman–Crippen MR) is 295 cm³/mol. The van der Waals surface area contributed by atoms with Crippen LogP contribution in [-0.4, -0.2) is 13.2 Å². The summed E-state index contributed by atoms with van der Waals surface area (Å²) in [7, 11) is 0. The van der Waals surface area contributed by atoms with Gasteiger partial charge < -0.3 is 19.3 Å². The topological polar surface area (TPSA) is 24.9 Å². The molecular weight excluding hydrogens is 829 g/mol. The normalized spacial score (nSPS) is 11.9. The Morgan fingerprint density at radius 2 is 0.662 bits per heavy atom. The minimum Gasteiger partial charge on any atom is -0.494 e. The van der Waals surface area contributed by atoms with Gasteiger partial charge in [0.15, 0.2) is 0 Å². The largest absolute Gasteiger partial charge is 0.494 e. The van der Waals surface area contributed by atoms with Crippen molar-refractivity contribution in [3.63, 3.8) is 0 Å². The summed E-state index contributed by atoms with van der Waals surface area (Å²) in [5, 5.41) is 4.77. The number of fused-ring (bicyclic) bond motifs is 2. The van der Waals surface area contributed by atoms with E-state index in [0.29, 0.717) is 0 Å². The number of hydrogen-bond donors (Lipinski definition) is 0. The molecule has 7 aromatic carbocycles. The van der Waals surface area contributed by atoms with Gasteiger partial charge in [-0.15, -0.1) is 0 Å². The molecule has 0 aliphatic heterocycles. The third-order valence-corrected chi connectivity index (χ3v) is 13.5. The van der Waals surface area contributed by atoms with Crippen molar-refractivity contribution in [2.45, 2.75) is 157 Å². The zero-order chi connectivity index (χ0) is 48.3. The quantitative estimate of drug-likeness (QED) is 0.0384. The molecule has 7 rings (SSSR count). The van der Waals surface area contributed by atoms with E-state index in [1.165, 1.54) is 108 Å². The molecule has 4 heteroatoms. The first kappa shape index (κ1) is 50.1. The molecule has 0 heterocycles. The highest BCUT2D eigenvalue weighted by Crippen LogP contribution is 2.52. The fraction of sp³-hybridized carbons (Fsp3) is 0.406. The summed E-state index contributed by atoms with van der Waals surface area (Å²) in [5.74, 6) is 1.82. The molecule has 0 saturated heterocycles. The molecule has 358 valence electrons. The SMILES string of the molecule is CCCCCCCCOc1ccc(N(c2ccc(C)cc2)c2c3ccc(C(C)(C)C)cc3c(N(c3ccc(C)cc3)c3ccc(OCCCCCCCC)cc3)c3ccc(C(C)(C)C)cc23)cc1. The van der Waals surface area contributed by atoms with E-state index in [9.17, 15) is 0 Å².